The number of aliphatic imine (C=N–C) groups is 2. The highest BCUT2D eigenvalue weighted by molar-refractivity contribution is 6.32. The molecule has 1 aliphatic rings. The van der Waals surface area contributed by atoms with Crippen molar-refractivity contribution >= 4 is 28.7 Å². The Morgan fingerprint density at radius 3 is 2.48 bits per heavy atom. The standard InChI is InChI=1S/C21H17ClN2O/c1-2-23-21(15-8-4-3-5-9-15)24-19-13-12-16(14-20(19)25)17-10-6-7-11-18(17)22/h2-12,14,25H,1,13H2. The van der Waals surface area contributed by atoms with Gasteiger partial charge in [-0.2, -0.15) is 0 Å². The first kappa shape index (κ1) is 16.9. The Morgan fingerprint density at radius 1 is 1.08 bits per heavy atom. The van der Waals surface area contributed by atoms with Crippen LogP contribution in [0.1, 0.15) is 17.5 Å². The maximum atomic E-state index is 10.4. The number of benzene rings is 2. The summed E-state index contributed by atoms with van der Waals surface area (Å²) >= 11 is 6.24. The van der Waals surface area contributed by atoms with Crippen LogP contribution in [0.25, 0.3) is 5.57 Å². The first-order chi connectivity index (χ1) is 12.2. The molecule has 0 fully saturated rings. The van der Waals surface area contributed by atoms with Crippen LogP contribution in [-0.4, -0.2) is 16.7 Å². The van der Waals surface area contributed by atoms with E-state index in [4.69, 9.17) is 11.6 Å². The highest BCUT2D eigenvalue weighted by Crippen LogP contribution is 2.28. The van der Waals surface area contributed by atoms with Gasteiger partial charge in [-0.15, -0.1) is 0 Å². The summed E-state index contributed by atoms with van der Waals surface area (Å²) in [5, 5.41) is 11.1. The Morgan fingerprint density at radius 2 is 1.80 bits per heavy atom. The quantitative estimate of drug-likeness (QED) is 0.569. The number of halogens is 1. The lowest BCUT2D eigenvalue weighted by atomic mass is 9.97. The second kappa shape index (κ2) is 7.77. The highest BCUT2D eigenvalue weighted by Gasteiger charge is 2.15. The van der Waals surface area contributed by atoms with Gasteiger partial charge >= 0.3 is 0 Å². The topological polar surface area (TPSA) is 45.0 Å². The molecule has 0 unspecified atom stereocenters. The van der Waals surface area contributed by atoms with E-state index in [1.54, 1.807) is 6.08 Å². The van der Waals surface area contributed by atoms with Gasteiger partial charge in [0.05, 0.1) is 5.71 Å². The van der Waals surface area contributed by atoms with Gasteiger partial charge in [0.25, 0.3) is 0 Å². The lowest BCUT2D eigenvalue weighted by Crippen LogP contribution is -2.10. The molecule has 3 rings (SSSR count). The van der Waals surface area contributed by atoms with Crippen molar-refractivity contribution in [3.8, 4) is 0 Å². The van der Waals surface area contributed by atoms with E-state index in [9.17, 15) is 5.11 Å². The van der Waals surface area contributed by atoms with Crippen LogP contribution >= 0.6 is 11.6 Å². The second-order valence-electron chi connectivity index (χ2n) is 5.43. The maximum absolute atomic E-state index is 10.4. The fraction of sp³-hybridized carbons (Fsp3) is 0.0476. The van der Waals surface area contributed by atoms with E-state index in [0.29, 0.717) is 23.0 Å². The molecule has 4 heteroatoms. The predicted molar refractivity (Wildman–Crippen MR) is 105 cm³/mol. The summed E-state index contributed by atoms with van der Waals surface area (Å²) in [7, 11) is 0. The van der Waals surface area contributed by atoms with Gasteiger partial charge in [-0.3, -0.25) is 0 Å². The SMILES string of the molecule is C=CN=C(N=C1CC=C(c2ccccc2Cl)C=C1O)c1ccccc1. The average Bonchev–Trinajstić information content (AvgIpc) is 2.64. The Balaban J connectivity index is 1.92. The van der Waals surface area contributed by atoms with Crippen molar-refractivity contribution in [2.45, 2.75) is 6.42 Å². The molecular formula is C21H17ClN2O. The fourth-order valence-electron chi connectivity index (χ4n) is 2.56. The summed E-state index contributed by atoms with van der Waals surface area (Å²) in [5.74, 6) is 0.630. The molecule has 0 radical (unpaired) electrons. The van der Waals surface area contributed by atoms with E-state index >= 15 is 0 Å². The molecule has 0 aliphatic heterocycles. The van der Waals surface area contributed by atoms with Gasteiger partial charge in [-0.1, -0.05) is 72.8 Å². The number of hydrogen-bond acceptors (Lipinski definition) is 2. The van der Waals surface area contributed by atoms with E-state index in [0.717, 1.165) is 16.7 Å². The zero-order valence-electron chi connectivity index (χ0n) is 13.6. The smallest absolute Gasteiger partial charge is 0.159 e. The molecule has 2 aromatic rings. The van der Waals surface area contributed by atoms with Crippen molar-refractivity contribution < 1.29 is 5.11 Å². The Kier molecular flexibility index (Phi) is 5.26. The van der Waals surface area contributed by atoms with Crippen molar-refractivity contribution in [1.29, 1.82) is 0 Å². The third kappa shape index (κ3) is 3.95. The van der Waals surface area contributed by atoms with Gasteiger partial charge < -0.3 is 5.11 Å². The number of nitrogens with zero attached hydrogens (tertiary/aromatic N) is 2. The second-order valence-corrected chi connectivity index (χ2v) is 5.84. The molecule has 0 aromatic heterocycles. The normalized spacial score (nSPS) is 16.4. The Bertz CT molecular complexity index is 909. The number of allylic oxidation sites excluding steroid dienone is 4. The zero-order valence-corrected chi connectivity index (χ0v) is 14.3. The van der Waals surface area contributed by atoms with Gasteiger partial charge in [0.1, 0.15) is 5.76 Å². The van der Waals surface area contributed by atoms with Crippen LogP contribution in [0.4, 0.5) is 0 Å². The molecule has 0 heterocycles. The molecule has 2 aromatic carbocycles. The molecule has 1 N–H and O–H groups in total. The first-order valence-electron chi connectivity index (χ1n) is 7.87. The molecule has 0 atom stereocenters. The summed E-state index contributed by atoms with van der Waals surface area (Å²) in [4.78, 5) is 8.75. The summed E-state index contributed by atoms with van der Waals surface area (Å²) in [6.45, 7) is 3.64. The highest BCUT2D eigenvalue weighted by atomic mass is 35.5. The van der Waals surface area contributed by atoms with Crippen LogP contribution in [0.15, 0.2) is 95.3 Å². The summed E-state index contributed by atoms with van der Waals surface area (Å²) in [6.07, 6.45) is 5.61. The van der Waals surface area contributed by atoms with E-state index in [1.807, 2.05) is 60.7 Å². The lowest BCUT2D eigenvalue weighted by molar-refractivity contribution is 0.442. The molecule has 124 valence electrons. The largest absolute Gasteiger partial charge is 0.506 e. The van der Waals surface area contributed by atoms with Gasteiger partial charge in [-0.25, -0.2) is 9.98 Å². The van der Waals surface area contributed by atoms with Crippen LogP contribution in [0, 0.1) is 0 Å². The molecule has 3 nitrogen and oxygen atoms in total. The van der Waals surface area contributed by atoms with Crippen molar-refractivity contribution in [2.24, 2.45) is 9.98 Å². The van der Waals surface area contributed by atoms with Crippen molar-refractivity contribution in [3.05, 3.63) is 101 Å². The lowest BCUT2D eigenvalue weighted by Gasteiger charge is -2.14. The van der Waals surface area contributed by atoms with Gasteiger partial charge in [0, 0.05) is 28.8 Å². The Labute approximate surface area is 152 Å². The molecule has 0 saturated heterocycles. The number of aliphatic hydroxyl groups is 1. The van der Waals surface area contributed by atoms with Crippen molar-refractivity contribution in [1.82, 2.24) is 0 Å². The van der Waals surface area contributed by atoms with E-state index in [1.165, 1.54) is 6.20 Å². The minimum Gasteiger partial charge on any atom is -0.506 e. The summed E-state index contributed by atoms with van der Waals surface area (Å²) < 4.78 is 0. The van der Waals surface area contributed by atoms with Crippen molar-refractivity contribution in [3.63, 3.8) is 0 Å². The number of rotatable bonds is 3. The third-order valence-electron chi connectivity index (χ3n) is 3.77. The van der Waals surface area contributed by atoms with Crippen LogP contribution in [-0.2, 0) is 0 Å². The van der Waals surface area contributed by atoms with E-state index < -0.39 is 0 Å². The van der Waals surface area contributed by atoms with E-state index in [2.05, 4.69) is 16.6 Å². The number of aliphatic hydroxyl groups excluding tert-OH is 1. The van der Waals surface area contributed by atoms with Gasteiger partial charge in [0.2, 0.25) is 0 Å². The monoisotopic (exact) mass is 348 g/mol. The third-order valence-corrected chi connectivity index (χ3v) is 4.10. The predicted octanol–water partition coefficient (Wildman–Crippen LogP) is 5.60. The first-order valence-corrected chi connectivity index (χ1v) is 8.24. The minimum atomic E-state index is 0.116. The summed E-state index contributed by atoms with van der Waals surface area (Å²) in [6, 6.07) is 17.1. The molecule has 25 heavy (non-hydrogen) atoms. The van der Waals surface area contributed by atoms with E-state index in [-0.39, 0.29) is 5.76 Å². The summed E-state index contributed by atoms with van der Waals surface area (Å²) in [5.41, 5.74) is 3.19. The van der Waals surface area contributed by atoms with Gasteiger partial charge in [-0.05, 0) is 17.7 Å². The number of hydrogen-bond donors (Lipinski definition) is 1. The van der Waals surface area contributed by atoms with Crippen molar-refractivity contribution in [2.75, 3.05) is 0 Å². The molecule has 0 amide bonds. The fourth-order valence-corrected chi connectivity index (χ4v) is 2.80. The van der Waals surface area contributed by atoms with Crippen LogP contribution in [0.3, 0.4) is 0 Å². The minimum absolute atomic E-state index is 0.116. The average molecular weight is 349 g/mol. The molecule has 0 bridgehead atoms. The maximum Gasteiger partial charge on any atom is 0.159 e. The number of amidine groups is 1. The van der Waals surface area contributed by atoms with Gasteiger partial charge in [0.15, 0.2) is 5.84 Å². The zero-order chi connectivity index (χ0) is 17.6. The van der Waals surface area contributed by atoms with Crippen LogP contribution in [0.5, 0.6) is 0 Å². The van der Waals surface area contributed by atoms with Crippen LogP contribution in [0.2, 0.25) is 5.02 Å². The molecular weight excluding hydrogens is 332 g/mol. The Hall–Kier alpha value is -2.91. The molecule has 0 spiro atoms. The molecule has 0 saturated carbocycles. The molecule has 1 aliphatic carbocycles. The van der Waals surface area contributed by atoms with Crippen LogP contribution < -0.4 is 0 Å².